The van der Waals surface area contributed by atoms with Crippen LogP contribution in [0.3, 0.4) is 0 Å². The molecular formula is C19H16F3N3O. The lowest BCUT2D eigenvalue weighted by molar-refractivity contribution is -0.136. The Kier molecular flexibility index (Phi) is 4.54. The van der Waals surface area contributed by atoms with Crippen molar-refractivity contribution in [2.75, 3.05) is 10.6 Å². The highest BCUT2D eigenvalue weighted by Gasteiger charge is 2.32. The summed E-state index contributed by atoms with van der Waals surface area (Å²) in [6.07, 6.45) is -3.10. The molecule has 1 heterocycles. The summed E-state index contributed by atoms with van der Waals surface area (Å²) in [5.41, 5.74) is 1.39. The second kappa shape index (κ2) is 6.67. The molecular weight excluding hydrogens is 343 g/mol. The normalized spacial score (nSPS) is 11.4. The number of carbonyl (C=O) groups excluding carboxylic acids is 1. The van der Waals surface area contributed by atoms with Crippen LogP contribution < -0.4 is 10.6 Å². The molecule has 2 N–H and O–H groups in total. The number of pyridine rings is 1. The molecule has 0 spiro atoms. The van der Waals surface area contributed by atoms with Crippen LogP contribution in [0, 0.1) is 6.92 Å². The number of fused-ring (bicyclic) bond motifs is 1. The summed E-state index contributed by atoms with van der Waals surface area (Å²) in [6, 6.07) is 10.6. The van der Waals surface area contributed by atoms with Crippen molar-refractivity contribution in [3.05, 3.63) is 59.8 Å². The molecule has 0 aliphatic heterocycles. The lowest BCUT2D eigenvalue weighted by Crippen LogP contribution is -2.07. The number of hydrogen-bond donors (Lipinski definition) is 2. The number of amides is 1. The van der Waals surface area contributed by atoms with Crippen LogP contribution in [0.25, 0.3) is 10.8 Å². The summed E-state index contributed by atoms with van der Waals surface area (Å²) in [7, 11) is 0. The highest BCUT2D eigenvalue weighted by atomic mass is 19.4. The van der Waals surface area contributed by atoms with Gasteiger partial charge in [-0.05, 0) is 42.1 Å². The number of aryl methyl sites for hydroxylation is 1. The minimum atomic E-state index is -4.45. The van der Waals surface area contributed by atoms with Gasteiger partial charge in [0.25, 0.3) is 0 Å². The fourth-order valence-electron chi connectivity index (χ4n) is 2.72. The van der Waals surface area contributed by atoms with Crippen molar-refractivity contribution in [1.29, 1.82) is 0 Å². The molecule has 7 heteroatoms. The Bertz CT molecular complexity index is 983. The lowest BCUT2D eigenvalue weighted by atomic mass is 10.1. The molecule has 26 heavy (non-hydrogen) atoms. The topological polar surface area (TPSA) is 54.0 Å². The predicted octanol–water partition coefficient (Wildman–Crippen LogP) is 5.26. The summed E-state index contributed by atoms with van der Waals surface area (Å²) >= 11 is 0. The van der Waals surface area contributed by atoms with E-state index in [0.717, 1.165) is 11.6 Å². The molecule has 3 aromatic rings. The minimum Gasteiger partial charge on any atom is -0.339 e. The van der Waals surface area contributed by atoms with Gasteiger partial charge in [0.15, 0.2) is 0 Å². The summed E-state index contributed by atoms with van der Waals surface area (Å²) in [5, 5.41) is 6.20. The van der Waals surface area contributed by atoms with Crippen LogP contribution in [0.5, 0.6) is 0 Å². The zero-order valence-electron chi connectivity index (χ0n) is 14.1. The minimum absolute atomic E-state index is 0.0770. The molecule has 3 rings (SSSR count). The maximum absolute atomic E-state index is 13.2. The third kappa shape index (κ3) is 3.61. The van der Waals surface area contributed by atoms with Gasteiger partial charge in [-0.2, -0.15) is 13.2 Å². The number of rotatable bonds is 3. The Balaban J connectivity index is 2.06. The average Bonchev–Trinajstić information content (AvgIpc) is 2.56. The molecule has 0 radical (unpaired) electrons. The quantitative estimate of drug-likeness (QED) is 0.670. The van der Waals surface area contributed by atoms with Gasteiger partial charge in [-0.1, -0.05) is 18.2 Å². The van der Waals surface area contributed by atoms with E-state index in [9.17, 15) is 18.0 Å². The Morgan fingerprint density at radius 3 is 2.54 bits per heavy atom. The second-order valence-electron chi connectivity index (χ2n) is 5.89. The molecule has 0 saturated carbocycles. The van der Waals surface area contributed by atoms with Gasteiger partial charge >= 0.3 is 6.18 Å². The fourth-order valence-corrected chi connectivity index (χ4v) is 2.72. The van der Waals surface area contributed by atoms with Gasteiger partial charge in [-0.25, -0.2) is 4.98 Å². The maximum Gasteiger partial charge on any atom is 0.417 e. The zero-order valence-corrected chi connectivity index (χ0v) is 14.1. The number of nitrogens with zero attached hydrogens (tertiary/aromatic N) is 1. The van der Waals surface area contributed by atoms with Gasteiger partial charge in [-0.15, -0.1) is 0 Å². The summed E-state index contributed by atoms with van der Waals surface area (Å²) in [4.78, 5) is 15.4. The van der Waals surface area contributed by atoms with E-state index in [1.54, 1.807) is 24.3 Å². The number of carbonyl (C=O) groups is 1. The van der Waals surface area contributed by atoms with E-state index in [0.29, 0.717) is 22.6 Å². The Hall–Kier alpha value is -3.09. The first kappa shape index (κ1) is 17.7. The van der Waals surface area contributed by atoms with Crippen molar-refractivity contribution < 1.29 is 18.0 Å². The van der Waals surface area contributed by atoms with Crippen LogP contribution in [0.1, 0.15) is 18.1 Å². The first-order valence-corrected chi connectivity index (χ1v) is 7.86. The van der Waals surface area contributed by atoms with E-state index >= 15 is 0 Å². The summed E-state index contributed by atoms with van der Waals surface area (Å²) in [5.74, 6) is 0.106. The van der Waals surface area contributed by atoms with Crippen LogP contribution in [0.15, 0.2) is 48.7 Å². The number of alkyl halides is 3. The van der Waals surface area contributed by atoms with Crippen molar-refractivity contribution in [3.63, 3.8) is 0 Å². The molecule has 2 aromatic carbocycles. The second-order valence-corrected chi connectivity index (χ2v) is 5.89. The number of benzene rings is 2. The van der Waals surface area contributed by atoms with E-state index in [1.807, 2.05) is 6.92 Å². The Labute approximate surface area is 148 Å². The first-order valence-electron chi connectivity index (χ1n) is 7.86. The maximum atomic E-state index is 13.2. The van der Waals surface area contributed by atoms with Gasteiger partial charge in [0.05, 0.1) is 5.56 Å². The van der Waals surface area contributed by atoms with Crippen LogP contribution in [-0.4, -0.2) is 10.9 Å². The van der Waals surface area contributed by atoms with Crippen molar-refractivity contribution in [3.8, 4) is 0 Å². The molecule has 1 amide bonds. The lowest BCUT2D eigenvalue weighted by Gasteiger charge is -2.15. The Morgan fingerprint density at radius 2 is 1.85 bits per heavy atom. The van der Waals surface area contributed by atoms with E-state index in [2.05, 4.69) is 15.6 Å². The molecule has 1 aromatic heterocycles. The number of halogens is 3. The van der Waals surface area contributed by atoms with Gasteiger partial charge < -0.3 is 10.6 Å². The number of aromatic nitrogens is 1. The first-order chi connectivity index (χ1) is 12.3. The molecule has 0 atom stereocenters. The van der Waals surface area contributed by atoms with Gasteiger partial charge in [0.2, 0.25) is 5.91 Å². The van der Waals surface area contributed by atoms with Gasteiger partial charge in [-0.3, -0.25) is 4.79 Å². The third-order valence-corrected chi connectivity index (χ3v) is 3.92. The highest BCUT2D eigenvalue weighted by molar-refractivity contribution is 5.96. The predicted molar refractivity (Wildman–Crippen MR) is 95.5 cm³/mol. The van der Waals surface area contributed by atoms with E-state index in [1.165, 1.54) is 25.3 Å². The zero-order chi connectivity index (χ0) is 18.9. The Morgan fingerprint density at radius 1 is 1.08 bits per heavy atom. The molecule has 4 nitrogen and oxygen atoms in total. The number of nitrogens with one attached hydrogen (secondary N) is 2. The molecule has 0 saturated heterocycles. The van der Waals surface area contributed by atoms with Crippen LogP contribution >= 0.6 is 0 Å². The molecule has 0 bridgehead atoms. The molecule has 134 valence electrons. The van der Waals surface area contributed by atoms with Crippen LogP contribution in [0.4, 0.5) is 30.4 Å². The molecule has 0 aliphatic carbocycles. The van der Waals surface area contributed by atoms with E-state index < -0.39 is 11.7 Å². The monoisotopic (exact) mass is 359 g/mol. The summed E-state index contributed by atoms with van der Waals surface area (Å²) < 4.78 is 39.7. The van der Waals surface area contributed by atoms with Crippen molar-refractivity contribution >= 4 is 33.9 Å². The molecule has 0 fully saturated rings. The summed E-state index contributed by atoms with van der Waals surface area (Å²) in [6.45, 7) is 3.25. The van der Waals surface area contributed by atoms with E-state index in [4.69, 9.17) is 0 Å². The van der Waals surface area contributed by atoms with E-state index in [-0.39, 0.29) is 11.3 Å². The highest BCUT2D eigenvalue weighted by Crippen LogP contribution is 2.37. The molecule has 0 unspecified atom stereocenters. The van der Waals surface area contributed by atoms with Crippen LogP contribution in [-0.2, 0) is 11.0 Å². The third-order valence-electron chi connectivity index (χ3n) is 3.92. The number of anilines is 3. The standard InChI is InChI=1S/C19H16F3N3O/c1-11-6-7-13(24-12(2)26)10-17(11)25-18-15-4-3-5-16(19(20,21)22)14(15)8-9-23-18/h3-10H,1-2H3,(H,23,25)(H,24,26). The average molecular weight is 359 g/mol. The van der Waals surface area contributed by atoms with Crippen LogP contribution in [0.2, 0.25) is 0 Å². The van der Waals surface area contributed by atoms with Crippen molar-refractivity contribution in [2.45, 2.75) is 20.0 Å². The smallest absolute Gasteiger partial charge is 0.339 e. The van der Waals surface area contributed by atoms with Gasteiger partial charge in [0.1, 0.15) is 5.82 Å². The fraction of sp³-hybridized carbons (Fsp3) is 0.158. The SMILES string of the molecule is CC(=O)Nc1ccc(C)c(Nc2nccc3c(C(F)(F)F)cccc23)c1. The van der Waals surface area contributed by atoms with Crippen molar-refractivity contribution in [2.24, 2.45) is 0 Å². The van der Waals surface area contributed by atoms with Gasteiger partial charge in [0, 0.05) is 29.9 Å². The largest absolute Gasteiger partial charge is 0.417 e. The van der Waals surface area contributed by atoms with Crippen molar-refractivity contribution in [1.82, 2.24) is 4.98 Å². The number of hydrogen-bond acceptors (Lipinski definition) is 3. The molecule has 0 aliphatic rings.